The second kappa shape index (κ2) is 6.05. The van der Waals surface area contributed by atoms with Gasteiger partial charge in [-0.05, 0) is 36.9 Å². The summed E-state index contributed by atoms with van der Waals surface area (Å²) in [5.74, 6) is 0.706. The van der Waals surface area contributed by atoms with Crippen LogP contribution in [0.25, 0.3) is 10.9 Å². The van der Waals surface area contributed by atoms with Gasteiger partial charge in [0.2, 0.25) is 0 Å². The van der Waals surface area contributed by atoms with Crippen LogP contribution in [0.3, 0.4) is 0 Å². The minimum absolute atomic E-state index is 0.634. The number of hydrogen-bond donors (Lipinski definition) is 2. The van der Waals surface area contributed by atoms with E-state index in [9.17, 15) is 0 Å². The van der Waals surface area contributed by atoms with Gasteiger partial charge in [-0.15, -0.1) is 0 Å². The maximum atomic E-state index is 3.66. The summed E-state index contributed by atoms with van der Waals surface area (Å²) in [5, 5.41) is 5.02. The minimum atomic E-state index is 0.634. The van der Waals surface area contributed by atoms with E-state index in [0.717, 1.165) is 13.0 Å². The lowest BCUT2D eigenvalue weighted by Gasteiger charge is -2.20. The topological polar surface area (TPSA) is 27.8 Å². The van der Waals surface area contributed by atoms with Crippen LogP contribution in [0, 0.1) is 5.92 Å². The van der Waals surface area contributed by atoms with Crippen molar-refractivity contribution in [3.63, 3.8) is 0 Å². The van der Waals surface area contributed by atoms with E-state index in [0.29, 0.717) is 12.0 Å². The first-order valence-corrected chi connectivity index (χ1v) is 7.00. The quantitative estimate of drug-likeness (QED) is 0.796. The molecule has 2 rings (SSSR count). The third kappa shape index (κ3) is 2.94. The molecule has 0 radical (unpaired) electrons. The smallest absolute Gasteiger partial charge is 0.0456 e. The van der Waals surface area contributed by atoms with E-state index in [2.05, 4.69) is 61.5 Å². The fourth-order valence-corrected chi connectivity index (χ4v) is 2.58. The van der Waals surface area contributed by atoms with Crippen molar-refractivity contribution in [2.45, 2.75) is 39.7 Å². The molecule has 0 spiro atoms. The molecule has 1 aromatic carbocycles. The van der Waals surface area contributed by atoms with Crippen LogP contribution in [0.15, 0.2) is 30.5 Å². The predicted molar refractivity (Wildman–Crippen MR) is 78.9 cm³/mol. The average Bonchev–Trinajstić information content (AvgIpc) is 2.78. The Kier molecular flexibility index (Phi) is 4.43. The normalized spacial score (nSPS) is 13.3. The number of H-pyrrole nitrogens is 1. The number of aromatic nitrogens is 1. The Balaban J connectivity index is 1.94. The third-order valence-corrected chi connectivity index (χ3v) is 3.72. The largest absolute Gasteiger partial charge is 0.361 e. The highest BCUT2D eigenvalue weighted by Gasteiger charge is 2.10. The van der Waals surface area contributed by atoms with E-state index >= 15 is 0 Å². The molecule has 0 bridgehead atoms. The SMILES string of the molecule is CCC(NCCc1c[nH]c2ccccc12)C(C)C. The molecule has 2 nitrogen and oxygen atoms in total. The molecule has 2 aromatic rings. The summed E-state index contributed by atoms with van der Waals surface area (Å²) >= 11 is 0. The second-order valence-corrected chi connectivity index (χ2v) is 5.32. The van der Waals surface area contributed by atoms with Gasteiger partial charge in [-0.25, -0.2) is 0 Å². The van der Waals surface area contributed by atoms with Crippen LogP contribution >= 0.6 is 0 Å². The van der Waals surface area contributed by atoms with Gasteiger partial charge in [0, 0.05) is 23.1 Å². The highest BCUT2D eigenvalue weighted by Crippen LogP contribution is 2.17. The zero-order valence-electron chi connectivity index (χ0n) is 11.7. The van der Waals surface area contributed by atoms with Crippen molar-refractivity contribution >= 4 is 10.9 Å². The first kappa shape index (κ1) is 13.2. The summed E-state index contributed by atoms with van der Waals surface area (Å²) in [6.07, 6.45) is 4.43. The van der Waals surface area contributed by atoms with Gasteiger partial charge in [-0.2, -0.15) is 0 Å². The molecule has 18 heavy (non-hydrogen) atoms. The monoisotopic (exact) mass is 244 g/mol. The van der Waals surface area contributed by atoms with Gasteiger partial charge in [0.1, 0.15) is 0 Å². The van der Waals surface area contributed by atoms with E-state index < -0.39 is 0 Å². The highest BCUT2D eigenvalue weighted by atomic mass is 14.9. The molecule has 0 fully saturated rings. The average molecular weight is 244 g/mol. The Morgan fingerprint density at radius 1 is 1.22 bits per heavy atom. The molecule has 2 heteroatoms. The molecular weight excluding hydrogens is 220 g/mol. The van der Waals surface area contributed by atoms with Crippen LogP contribution in [0.2, 0.25) is 0 Å². The van der Waals surface area contributed by atoms with E-state index in [1.165, 1.54) is 22.9 Å². The van der Waals surface area contributed by atoms with E-state index in [-0.39, 0.29) is 0 Å². The maximum Gasteiger partial charge on any atom is 0.0456 e. The number of rotatable bonds is 6. The molecule has 1 atom stereocenters. The van der Waals surface area contributed by atoms with Crippen molar-refractivity contribution in [2.75, 3.05) is 6.54 Å². The maximum absolute atomic E-state index is 3.66. The summed E-state index contributed by atoms with van der Waals surface area (Å²) in [5.41, 5.74) is 2.65. The van der Waals surface area contributed by atoms with Gasteiger partial charge in [0.15, 0.2) is 0 Å². The summed E-state index contributed by atoms with van der Waals surface area (Å²) < 4.78 is 0. The molecule has 98 valence electrons. The van der Waals surface area contributed by atoms with Crippen LogP contribution < -0.4 is 5.32 Å². The van der Waals surface area contributed by atoms with Crippen LogP contribution in [0.5, 0.6) is 0 Å². The zero-order chi connectivity index (χ0) is 13.0. The number of nitrogens with one attached hydrogen (secondary N) is 2. The summed E-state index contributed by atoms with van der Waals surface area (Å²) in [6.45, 7) is 7.88. The Bertz CT molecular complexity index is 485. The number of para-hydroxylation sites is 1. The molecule has 0 aliphatic carbocycles. The molecule has 2 N–H and O–H groups in total. The van der Waals surface area contributed by atoms with Gasteiger partial charge < -0.3 is 10.3 Å². The molecule has 1 heterocycles. The van der Waals surface area contributed by atoms with Gasteiger partial charge in [0.25, 0.3) is 0 Å². The van der Waals surface area contributed by atoms with Gasteiger partial charge >= 0.3 is 0 Å². The third-order valence-electron chi connectivity index (χ3n) is 3.72. The lowest BCUT2D eigenvalue weighted by Crippen LogP contribution is -2.34. The fourth-order valence-electron chi connectivity index (χ4n) is 2.58. The lowest BCUT2D eigenvalue weighted by molar-refractivity contribution is 0.391. The van der Waals surface area contributed by atoms with Crippen molar-refractivity contribution in [3.05, 3.63) is 36.0 Å². The molecule has 0 saturated heterocycles. The van der Waals surface area contributed by atoms with Crippen molar-refractivity contribution in [3.8, 4) is 0 Å². The highest BCUT2D eigenvalue weighted by molar-refractivity contribution is 5.83. The molecule has 1 aromatic heterocycles. The standard InChI is InChI=1S/C16H24N2/c1-4-15(12(2)3)17-10-9-13-11-18-16-8-6-5-7-14(13)16/h5-8,11-12,15,17-18H,4,9-10H2,1-3H3. The number of benzene rings is 1. The summed E-state index contributed by atoms with van der Waals surface area (Å²) in [6, 6.07) is 9.15. The summed E-state index contributed by atoms with van der Waals surface area (Å²) in [4.78, 5) is 3.34. The predicted octanol–water partition coefficient (Wildman–Crippen LogP) is 3.73. The van der Waals surface area contributed by atoms with Crippen LogP contribution in [-0.4, -0.2) is 17.6 Å². The fraction of sp³-hybridized carbons (Fsp3) is 0.500. The van der Waals surface area contributed by atoms with Crippen LogP contribution in [-0.2, 0) is 6.42 Å². The van der Waals surface area contributed by atoms with E-state index in [1.807, 2.05) is 0 Å². The Morgan fingerprint density at radius 3 is 2.72 bits per heavy atom. The molecule has 1 unspecified atom stereocenters. The molecule has 0 aliphatic rings. The van der Waals surface area contributed by atoms with Crippen molar-refractivity contribution in [2.24, 2.45) is 5.92 Å². The van der Waals surface area contributed by atoms with Crippen LogP contribution in [0.1, 0.15) is 32.8 Å². The zero-order valence-corrected chi connectivity index (χ0v) is 11.7. The minimum Gasteiger partial charge on any atom is -0.361 e. The molecule has 0 amide bonds. The molecule has 0 aliphatic heterocycles. The molecular formula is C16H24N2. The first-order valence-electron chi connectivity index (χ1n) is 7.00. The Hall–Kier alpha value is -1.28. The molecule has 0 saturated carbocycles. The number of fused-ring (bicyclic) bond motifs is 1. The van der Waals surface area contributed by atoms with Crippen molar-refractivity contribution in [1.82, 2.24) is 10.3 Å². The van der Waals surface area contributed by atoms with Gasteiger partial charge in [-0.3, -0.25) is 0 Å². The van der Waals surface area contributed by atoms with Gasteiger partial charge in [0.05, 0.1) is 0 Å². The Labute approximate surface area is 110 Å². The second-order valence-electron chi connectivity index (χ2n) is 5.32. The van der Waals surface area contributed by atoms with E-state index in [1.54, 1.807) is 0 Å². The van der Waals surface area contributed by atoms with Crippen molar-refractivity contribution < 1.29 is 0 Å². The first-order chi connectivity index (χ1) is 8.72. The Morgan fingerprint density at radius 2 is 2.00 bits per heavy atom. The number of hydrogen-bond acceptors (Lipinski definition) is 1. The number of aromatic amines is 1. The van der Waals surface area contributed by atoms with Gasteiger partial charge in [-0.1, -0.05) is 39.0 Å². The van der Waals surface area contributed by atoms with E-state index in [4.69, 9.17) is 0 Å². The lowest BCUT2D eigenvalue weighted by atomic mass is 10.0. The summed E-state index contributed by atoms with van der Waals surface area (Å²) in [7, 11) is 0. The van der Waals surface area contributed by atoms with Crippen LogP contribution in [0.4, 0.5) is 0 Å². The van der Waals surface area contributed by atoms with Crippen molar-refractivity contribution in [1.29, 1.82) is 0 Å².